The van der Waals surface area contributed by atoms with Crippen LogP contribution < -0.4 is 19.7 Å². The van der Waals surface area contributed by atoms with Crippen molar-refractivity contribution < 1.29 is 19.1 Å². The first-order valence-corrected chi connectivity index (χ1v) is 13.1. The molecular weight excluding hydrogens is 510 g/mol. The first kappa shape index (κ1) is 25.0. The predicted octanol–water partition coefficient (Wildman–Crippen LogP) is 5.35. The van der Waals surface area contributed by atoms with Gasteiger partial charge in [0.25, 0.3) is 0 Å². The number of aromatic nitrogens is 1. The summed E-state index contributed by atoms with van der Waals surface area (Å²) in [7, 11) is 4.98. The summed E-state index contributed by atoms with van der Waals surface area (Å²) >= 11 is 7.93. The second-order valence-electron chi connectivity index (χ2n) is 8.61. The monoisotopic (exact) mass is 535 g/mol. The maximum absolute atomic E-state index is 14.1. The van der Waals surface area contributed by atoms with Gasteiger partial charge in [-0.15, -0.1) is 0 Å². The number of halogens is 1. The summed E-state index contributed by atoms with van der Waals surface area (Å²) in [5.74, 6) is 0.404. The fraction of sp³-hybridized carbons (Fsp3) is 0.214. The van der Waals surface area contributed by atoms with E-state index in [0.717, 1.165) is 27.1 Å². The summed E-state index contributed by atoms with van der Waals surface area (Å²) in [5.41, 5.74) is 3.11. The van der Waals surface area contributed by atoms with E-state index in [1.807, 2.05) is 66.2 Å². The van der Waals surface area contributed by atoms with Crippen LogP contribution in [0.3, 0.4) is 0 Å². The van der Waals surface area contributed by atoms with E-state index in [-0.39, 0.29) is 17.6 Å². The summed E-state index contributed by atoms with van der Waals surface area (Å²) in [6.45, 7) is 0.325. The van der Waals surface area contributed by atoms with Crippen LogP contribution in [-0.4, -0.2) is 36.4 Å². The number of fused-ring (bicyclic) bond motifs is 3. The van der Waals surface area contributed by atoms with Crippen LogP contribution >= 0.6 is 23.4 Å². The molecule has 1 aromatic heterocycles. The number of carbonyl (C=O) groups excluding carboxylic acids is 2. The Morgan fingerprint density at radius 1 is 1.05 bits per heavy atom. The van der Waals surface area contributed by atoms with Crippen molar-refractivity contribution in [2.24, 2.45) is 7.05 Å². The summed E-state index contributed by atoms with van der Waals surface area (Å²) in [4.78, 5) is 29.3. The van der Waals surface area contributed by atoms with Crippen LogP contribution in [0.4, 0.5) is 5.69 Å². The van der Waals surface area contributed by atoms with E-state index in [2.05, 4.69) is 5.32 Å². The average Bonchev–Trinajstić information content (AvgIpc) is 3.10. The Morgan fingerprint density at radius 2 is 1.76 bits per heavy atom. The van der Waals surface area contributed by atoms with Crippen LogP contribution in [0.15, 0.2) is 71.8 Å². The van der Waals surface area contributed by atoms with Gasteiger partial charge in [0.1, 0.15) is 17.5 Å². The fourth-order valence-electron chi connectivity index (χ4n) is 4.75. The summed E-state index contributed by atoms with van der Waals surface area (Å²) in [6.07, 6.45) is 0. The lowest BCUT2D eigenvalue weighted by Crippen LogP contribution is -2.44. The highest BCUT2D eigenvalue weighted by Crippen LogP contribution is 2.47. The fourth-order valence-corrected chi connectivity index (χ4v) is 6.05. The van der Waals surface area contributed by atoms with Gasteiger partial charge in [-0.2, -0.15) is 0 Å². The molecule has 0 unspecified atom stereocenters. The zero-order valence-electron chi connectivity index (χ0n) is 20.7. The van der Waals surface area contributed by atoms with Crippen molar-refractivity contribution in [3.05, 3.63) is 82.9 Å². The van der Waals surface area contributed by atoms with E-state index in [1.54, 1.807) is 12.1 Å². The molecule has 0 saturated carbocycles. The van der Waals surface area contributed by atoms with E-state index in [9.17, 15) is 9.59 Å². The van der Waals surface area contributed by atoms with Gasteiger partial charge in [0.05, 0.1) is 35.7 Å². The lowest BCUT2D eigenvalue weighted by atomic mass is 10.0. The molecule has 1 atom stereocenters. The van der Waals surface area contributed by atoms with E-state index in [4.69, 9.17) is 21.1 Å². The van der Waals surface area contributed by atoms with Gasteiger partial charge in [0.15, 0.2) is 0 Å². The zero-order valence-corrected chi connectivity index (χ0v) is 22.2. The predicted molar refractivity (Wildman–Crippen MR) is 147 cm³/mol. The Kier molecular flexibility index (Phi) is 7.04. The van der Waals surface area contributed by atoms with Crippen LogP contribution in [0, 0.1) is 0 Å². The second kappa shape index (κ2) is 10.4. The molecule has 1 aliphatic heterocycles. The van der Waals surface area contributed by atoms with Crippen molar-refractivity contribution >= 4 is 51.8 Å². The smallest absolute Gasteiger partial charge is 0.248 e. The van der Waals surface area contributed by atoms with Crippen LogP contribution in [0.5, 0.6) is 11.5 Å². The number of amides is 2. The van der Waals surface area contributed by atoms with Gasteiger partial charge in [-0.1, -0.05) is 71.9 Å². The minimum Gasteiger partial charge on any atom is -0.495 e. The van der Waals surface area contributed by atoms with Gasteiger partial charge in [-0.3, -0.25) is 14.5 Å². The molecule has 1 N–H and O–H groups in total. The van der Waals surface area contributed by atoms with Gasteiger partial charge in [0.2, 0.25) is 11.8 Å². The Balaban J connectivity index is 1.70. The van der Waals surface area contributed by atoms with Gasteiger partial charge in [-0.05, 0) is 17.7 Å². The Labute approximate surface area is 224 Å². The summed E-state index contributed by atoms with van der Waals surface area (Å²) in [6, 6.07) is 19.9. The Morgan fingerprint density at radius 3 is 2.49 bits per heavy atom. The molecular formula is C28H26ClN3O4S. The van der Waals surface area contributed by atoms with Crippen molar-refractivity contribution in [3.63, 3.8) is 0 Å². The number of nitrogens with zero attached hydrogens (tertiary/aromatic N) is 2. The van der Waals surface area contributed by atoms with Crippen LogP contribution in [-0.2, 0) is 23.2 Å². The third-order valence-electron chi connectivity index (χ3n) is 6.49. The van der Waals surface area contributed by atoms with Crippen molar-refractivity contribution in [2.75, 3.05) is 24.9 Å². The number of thioether (sulfide) groups is 1. The van der Waals surface area contributed by atoms with Gasteiger partial charge < -0.3 is 19.4 Å². The van der Waals surface area contributed by atoms with E-state index >= 15 is 0 Å². The average molecular weight is 536 g/mol. The molecule has 37 heavy (non-hydrogen) atoms. The number of aryl methyl sites for hydroxylation is 1. The molecule has 0 saturated heterocycles. The molecule has 2 amide bonds. The number of hydrogen-bond donors (Lipinski definition) is 1. The van der Waals surface area contributed by atoms with Crippen LogP contribution in [0.2, 0.25) is 5.02 Å². The normalized spacial score (nSPS) is 15.3. The number of nitrogens with one attached hydrogen (secondary N) is 1. The lowest BCUT2D eigenvalue weighted by Gasteiger charge is -2.31. The molecule has 5 rings (SSSR count). The Hall–Kier alpha value is -3.62. The van der Waals surface area contributed by atoms with Crippen molar-refractivity contribution in [3.8, 4) is 11.5 Å². The van der Waals surface area contributed by atoms with Gasteiger partial charge in [0, 0.05) is 36.1 Å². The zero-order chi connectivity index (χ0) is 26.1. The number of benzene rings is 3. The largest absolute Gasteiger partial charge is 0.495 e. The van der Waals surface area contributed by atoms with Crippen molar-refractivity contribution in [2.45, 2.75) is 17.6 Å². The molecule has 0 fully saturated rings. The van der Waals surface area contributed by atoms with E-state index in [1.165, 1.54) is 30.9 Å². The van der Waals surface area contributed by atoms with Crippen molar-refractivity contribution in [1.82, 2.24) is 9.88 Å². The third-order valence-corrected chi connectivity index (χ3v) is 7.95. The molecule has 0 radical (unpaired) electrons. The Bertz CT molecular complexity index is 1490. The first-order chi connectivity index (χ1) is 17.9. The van der Waals surface area contributed by atoms with Gasteiger partial charge in [-0.25, -0.2) is 0 Å². The van der Waals surface area contributed by atoms with E-state index < -0.39 is 6.04 Å². The lowest BCUT2D eigenvalue weighted by molar-refractivity contribution is -0.125. The maximum atomic E-state index is 14.1. The number of methoxy groups -OCH3 is 2. The first-order valence-electron chi connectivity index (χ1n) is 11.7. The van der Waals surface area contributed by atoms with Crippen molar-refractivity contribution in [1.29, 1.82) is 0 Å². The summed E-state index contributed by atoms with van der Waals surface area (Å²) in [5, 5.41) is 5.15. The number of para-hydroxylation sites is 1. The molecule has 190 valence electrons. The van der Waals surface area contributed by atoms with Crippen LogP contribution in [0.25, 0.3) is 10.9 Å². The molecule has 2 heterocycles. The molecule has 4 aromatic rings. The number of anilines is 1. The second-order valence-corrected chi connectivity index (χ2v) is 9.98. The standard InChI is InChI=1S/C28H26ClN3O4S/c1-31-20-12-8-7-11-18(20)25-26(27(34)30-15-17-9-5-4-6-10-17)32(24(33)16-37-28(25)31)21-13-19(29)22(35-2)14-23(21)36-3/h4-14,26H,15-16H2,1-3H3,(H,30,34)/t26-/m1/s1. The minimum absolute atomic E-state index is 0.145. The number of ether oxygens (including phenoxy) is 2. The molecule has 0 spiro atoms. The quantitative estimate of drug-likeness (QED) is 0.360. The minimum atomic E-state index is -0.953. The molecule has 7 nitrogen and oxygen atoms in total. The number of rotatable bonds is 6. The molecule has 1 aliphatic rings. The van der Waals surface area contributed by atoms with E-state index in [0.29, 0.717) is 28.8 Å². The highest BCUT2D eigenvalue weighted by molar-refractivity contribution is 8.00. The molecule has 3 aromatic carbocycles. The number of hydrogen-bond acceptors (Lipinski definition) is 5. The topological polar surface area (TPSA) is 72.8 Å². The molecule has 9 heteroatoms. The summed E-state index contributed by atoms with van der Waals surface area (Å²) < 4.78 is 13.0. The third kappa shape index (κ3) is 4.51. The van der Waals surface area contributed by atoms with Crippen LogP contribution in [0.1, 0.15) is 17.2 Å². The number of carbonyl (C=O) groups is 2. The van der Waals surface area contributed by atoms with Gasteiger partial charge >= 0.3 is 0 Å². The highest BCUT2D eigenvalue weighted by atomic mass is 35.5. The molecule has 0 aliphatic carbocycles. The maximum Gasteiger partial charge on any atom is 0.248 e. The molecule has 0 bridgehead atoms. The highest BCUT2D eigenvalue weighted by Gasteiger charge is 2.41. The SMILES string of the molecule is COc1cc(OC)c(N2C(=O)CSc3c(c4ccccc4n3C)[C@@H]2C(=O)NCc2ccccc2)cc1Cl.